The normalized spacial score (nSPS) is 17.0. The molecule has 1 amide bonds. The van der Waals surface area contributed by atoms with Crippen LogP contribution in [-0.2, 0) is 9.53 Å². The fourth-order valence-electron chi connectivity index (χ4n) is 3.15. The molecule has 1 aliphatic heterocycles. The molecule has 0 radical (unpaired) electrons. The Bertz CT molecular complexity index is 424. The lowest BCUT2D eigenvalue weighted by atomic mass is 10.0. The molecule has 1 unspecified atom stereocenters. The number of carbonyl (C=O) groups is 1. The third-order valence-electron chi connectivity index (χ3n) is 4.83. The number of likely N-dealkylation sites (N-methyl/N-ethyl adjacent to an activating group) is 1. The second kappa shape index (κ2) is 15.3. The molecule has 160 valence electrons. The van der Waals surface area contributed by atoms with Crippen LogP contribution in [0.3, 0.4) is 0 Å². The van der Waals surface area contributed by atoms with E-state index in [1.807, 2.05) is 0 Å². The van der Waals surface area contributed by atoms with E-state index in [2.05, 4.69) is 34.4 Å². The van der Waals surface area contributed by atoms with E-state index in [0.29, 0.717) is 31.1 Å². The highest BCUT2D eigenvalue weighted by atomic mass is 127. The summed E-state index contributed by atoms with van der Waals surface area (Å²) in [6.45, 7) is 9.14. The third kappa shape index (κ3) is 11.1. The van der Waals surface area contributed by atoms with Crippen LogP contribution in [0.25, 0.3) is 0 Å². The number of ether oxygens (including phenoxy) is 1. The highest BCUT2D eigenvalue weighted by Gasteiger charge is 2.23. The second-order valence-corrected chi connectivity index (χ2v) is 7.52. The van der Waals surface area contributed by atoms with Crippen LogP contribution in [0.4, 0.5) is 0 Å². The minimum atomic E-state index is -0.00855. The number of hydrogen-bond acceptors (Lipinski definition) is 4. The van der Waals surface area contributed by atoms with Gasteiger partial charge >= 0.3 is 0 Å². The Balaban J connectivity index is 0.00000676. The van der Waals surface area contributed by atoms with Gasteiger partial charge in [0.1, 0.15) is 6.54 Å². The van der Waals surface area contributed by atoms with Gasteiger partial charge in [-0.1, -0.05) is 26.7 Å². The van der Waals surface area contributed by atoms with Gasteiger partial charge in [0, 0.05) is 40.3 Å². The fraction of sp³-hybridized carbons (Fsp3) is 0.895. The van der Waals surface area contributed by atoms with E-state index in [0.717, 1.165) is 6.54 Å². The van der Waals surface area contributed by atoms with Gasteiger partial charge in [0.25, 0.3) is 0 Å². The van der Waals surface area contributed by atoms with Gasteiger partial charge in [-0.25, -0.2) is 4.99 Å². The van der Waals surface area contributed by atoms with Gasteiger partial charge in [-0.15, -0.1) is 24.0 Å². The molecular formula is C19H40IN5O2. The van der Waals surface area contributed by atoms with Crippen LogP contribution in [0.15, 0.2) is 4.99 Å². The zero-order valence-corrected chi connectivity index (χ0v) is 20.1. The maximum absolute atomic E-state index is 11.8. The van der Waals surface area contributed by atoms with Crippen molar-refractivity contribution in [2.75, 3.05) is 60.5 Å². The van der Waals surface area contributed by atoms with Crippen molar-refractivity contribution in [1.29, 1.82) is 0 Å². The fourth-order valence-corrected chi connectivity index (χ4v) is 3.15. The summed E-state index contributed by atoms with van der Waals surface area (Å²) in [6, 6.07) is 0.465. The van der Waals surface area contributed by atoms with Crippen LogP contribution >= 0.6 is 24.0 Å². The van der Waals surface area contributed by atoms with Crippen molar-refractivity contribution >= 4 is 35.8 Å². The summed E-state index contributed by atoms with van der Waals surface area (Å²) in [5.41, 5.74) is 0. The van der Waals surface area contributed by atoms with Gasteiger partial charge in [0.15, 0.2) is 5.96 Å². The zero-order chi connectivity index (χ0) is 19.4. The molecule has 1 rings (SSSR count). The first-order chi connectivity index (χ1) is 12.5. The van der Waals surface area contributed by atoms with Crippen LogP contribution < -0.4 is 10.6 Å². The minimum Gasteiger partial charge on any atom is -0.383 e. The number of halogens is 1. The lowest BCUT2D eigenvalue weighted by Crippen LogP contribution is -2.50. The summed E-state index contributed by atoms with van der Waals surface area (Å²) in [7, 11) is 5.17. The monoisotopic (exact) mass is 497 g/mol. The molecule has 0 spiro atoms. The molecule has 7 nitrogen and oxygen atoms in total. The van der Waals surface area contributed by atoms with Crippen LogP contribution in [0.5, 0.6) is 0 Å². The molecule has 27 heavy (non-hydrogen) atoms. The Morgan fingerprint density at radius 2 is 1.78 bits per heavy atom. The number of hydrogen-bond donors (Lipinski definition) is 2. The number of nitrogens with one attached hydrogen (secondary N) is 2. The predicted molar refractivity (Wildman–Crippen MR) is 123 cm³/mol. The second-order valence-electron chi connectivity index (χ2n) is 7.52. The average Bonchev–Trinajstić information content (AvgIpc) is 2.88. The maximum atomic E-state index is 11.8. The molecule has 1 saturated heterocycles. The first kappa shape index (κ1) is 26.4. The summed E-state index contributed by atoms with van der Waals surface area (Å²) >= 11 is 0. The van der Waals surface area contributed by atoms with Crippen molar-refractivity contribution in [3.05, 3.63) is 0 Å². The van der Waals surface area contributed by atoms with Crippen molar-refractivity contribution in [2.45, 2.75) is 45.6 Å². The molecule has 0 aromatic carbocycles. The third-order valence-corrected chi connectivity index (χ3v) is 4.83. The standard InChI is InChI=1S/C19H39N5O2.HI/c1-16(2)17(24-11-8-6-7-9-12-24)14-21-19(20-10-13-26-5)22-15-18(25)23(3)4;/h16-17H,6-15H2,1-5H3,(H2,20,21,22);1H. The molecule has 0 saturated carbocycles. The lowest BCUT2D eigenvalue weighted by Gasteiger charge is -2.34. The van der Waals surface area contributed by atoms with Gasteiger partial charge in [-0.3, -0.25) is 9.69 Å². The Kier molecular flexibility index (Phi) is 15.0. The summed E-state index contributed by atoms with van der Waals surface area (Å²) in [6.07, 6.45) is 5.25. The van der Waals surface area contributed by atoms with Crippen LogP contribution in [0, 0.1) is 5.92 Å². The molecule has 2 N–H and O–H groups in total. The van der Waals surface area contributed by atoms with E-state index in [9.17, 15) is 4.79 Å². The largest absolute Gasteiger partial charge is 0.383 e. The topological polar surface area (TPSA) is 69.2 Å². The van der Waals surface area contributed by atoms with Crippen molar-refractivity contribution in [2.24, 2.45) is 10.9 Å². The number of rotatable bonds is 9. The number of methoxy groups -OCH3 is 1. The Morgan fingerprint density at radius 1 is 1.15 bits per heavy atom. The van der Waals surface area contributed by atoms with E-state index in [1.165, 1.54) is 38.8 Å². The summed E-state index contributed by atoms with van der Waals surface area (Å²) < 4.78 is 5.10. The first-order valence-electron chi connectivity index (χ1n) is 9.91. The minimum absolute atomic E-state index is 0. The van der Waals surface area contributed by atoms with Gasteiger partial charge in [-0.05, 0) is 31.8 Å². The highest BCUT2D eigenvalue weighted by Crippen LogP contribution is 2.17. The van der Waals surface area contributed by atoms with Crippen molar-refractivity contribution in [1.82, 2.24) is 20.4 Å². The highest BCUT2D eigenvalue weighted by molar-refractivity contribution is 14.0. The molecule has 1 fully saturated rings. The summed E-state index contributed by atoms with van der Waals surface area (Å²) in [4.78, 5) is 20.5. The van der Waals surface area contributed by atoms with E-state index >= 15 is 0 Å². The Labute approximate surface area is 182 Å². The molecule has 0 bridgehead atoms. The van der Waals surface area contributed by atoms with E-state index in [4.69, 9.17) is 4.74 Å². The number of carbonyl (C=O) groups excluding carboxylic acids is 1. The number of nitrogens with zero attached hydrogens (tertiary/aromatic N) is 3. The molecular weight excluding hydrogens is 457 g/mol. The van der Waals surface area contributed by atoms with Gasteiger partial charge in [0.05, 0.1) is 6.61 Å². The Morgan fingerprint density at radius 3 is 2.30 bits per heavy atom. The molecule has 1 atom stereocenters. The summed E-state index contributed by atoms with van der Waals surface area (Å²) in [5.74, 6) is 1.23. The van der Waals surface area contributed by atoms with Crippen molar-refractivity contribution < 1.29 is 9.53 Å². The Hall–Kier alpha value is -0.610. The number of likely N-dealkylation sites (tertiary alicyclic amines) is 1. The van der Waals surface area contributed by atoms with Gasteiger partial charge in [-0.2, -0.15) is 0 Å². The van der Waals surface area contributed by atoms with E-state index in [-0.39, 0.29) is 36.4 Å². The maximum Gasteiger partial charge on any atom is 0.243 e. The molecule has 1 aliphatic rings. The zero-order valence-electron chi connectivity index (χ0n) is 17.8. The smallest absolute Gasteiger partial charge is 0.243 e. The predicted octanol–water partition coefficient (Wildman–Crippen LogP) is 1.77. The molecule has 0 aromatic rings. The van der Waals surface area contributed by atoms with E-state index in [1.54, 1.807) is 26.1 Å². The molecule has 1 heterocycles. The van der Waals surface area contributed by atoms with Gasteiger partial charge < -0.3 is 20.3 Å². The molecule has 8 heteroatoms. The van der Waals surface area contributed by atoms with Crippen LogP contribution in [-0.4, -0.2) is 88.2 Å². The number of guanidine groups is 1. The lowest BCUT2D eigenvalue weighted by molar-refractivity contribution is -0.127. The quantitative estimate of drug-likeness (QED) is 0.220. The van der Waals surface area contributed by atoms with E-state index < -0.39 is 0 Å². The molecule has 0 aliphatic carbocycles. The first-order valence-corrected chi connectivity index (χ1v) is 9.91. The summed E-state index contributed by atoms with van der Waals surface area (Å²) in [5, 5.41) is 6.69. The van der Waals surface area contributed by atoms with Crippen LogP contribution in [0.2, 0.25) is 0 Å². The number of amides is 1. The SMILES string of the molecule is COCCNC(=NCC(=O)N(C)C)NCC(C(C)C)N1CCCCCC1.I. The number of aliphatic imine (C=N–C) groups is 1. The van der Waals surface area contributed by atoms with Crippen molar-refractivity contribution in [3.8, 4) is 0 Å². The molecule has 0 aromatic heterocycles. The van der Waals surface area contributed by atoms with Crippen LogP contribution in [0.1, 0.15) is 39.5 Å². The van der Waals surface area contributed by atoms with Gasteiger partial charge in [0.2, 0.25) is 5.91 Å². The van der Waals surface area contributed by atoms with Crippen molar-refractivity contribution in [3.63, 3.8) is 0 Å². The average molecular weight is 497 g/mol.